The molecule has 1 aliphatic rings. The fourth-order valence-electron chi connectivity index (χ4n) is 1.67. The summed E-state index contributed by atoms with van der Waals surface area (Å²) in [5.74, 6) is 1.17. The average molecular weight is 229 g/mol. The van der Waals surface area contributed by atoms with Crippen molar-refractivity contribution in [3.63, 3.8) is 0 Å². The van der Waals surface area contributed by atoms with Crippen LogP contribution >= 0.6 is 11.6 Å². The molecule has 2 rings (SSSR count). The summed E-state index contributed by atoms with van der Waals surface area (Å²) in [5, 5.41) is 10.5. The smallest absolute Gasteiger partial charge is 0.138 e. The minimum absolute atomic E-state index is 0.442. The van der Waals surface area contributed by atoms with E-state index in [9.17, 15) is 5.11 Å². The summed E-state index contributed by atoms with van der Waals surface area (Å²) in [6, 6.07) is 3.49. The van der Waals surface area contributed by atoms with Gasteiger partial charge in [-0.05, 0) is 25.0 Å². The predicted molar refractivity (Wildman–Crippen MR) is 57.7 cm³/mol. The molecule has 0 amide bonds. The molecule has 0 atom stereocenters. The molecule has 82 valence electrons. The van der Waals surface area contributed by atoms with Crippen LogP contribution in [0.5, 0.6) is 11.5 Å². The third-order valence-corrected chi connectivity index (χ3v) is 3.07. The molecule has 1 fully saturated rings. The minimum atomic E-state index is -0.822. The van der Waals surface area contributed by atoms with E-state index in [4.69, 9.17) is 21.1 Å². The summed E-state index contributed by atoms with van der Waals surface area (Å²) in [4.78, 5) is 0. The number of rotatable bonds is 3. The highest BCUT2D eigenvalue weighted by atomic mass is 35.5. The molecular formula is C11H13ClO3. The van der Waals surface area contributed by atoms with Gasteiger partial charge in [0.15, 0.2) is 0 Å². The van der Waals surface area contributed by atoms with Crippen LogP contribution in [0.3, 0.4) is 0 Å². The molecule has 1 aliphatic carbocycles. The Bertz CT molecular complexity index is 386. The second-order valence-electron chi connectivity index (χ2n) is 3.69. The summed E-state index contributed by atoms with van der Waals surface area (Å²) < 4.78 is 10.3. The minimum Gasteiger partial charge on any atom is -0.496 e. The summed E-state index contributed by atoms with van der Waals surface area (Å²) in [6.45, 7) is 0. The van der Waals surface area contributed by atoms with Gasteiger partial charge in [0, 0.05) is 5.56 Å². The molecule has 1 saturated carbocycles. The van der Waals surface area contributed by atoms with Crippen molar-refractivity contribution >= 4 is 11.6 Å². The first-order chi connectivity index (χ1) is 7.12. The lowest BCUT2D eigenvalue weighted by Gasteiger charge is -2.17. The zero-order chi connectivity index (χ0) is 11.1. The fourth-order valence-corrected chi connectivity index (χ4v) is 2.08. The summed E-state index contributed by atoms with van der Waals surface area (Å²) in [5.41, 5.74) is -0.178. The van der Waals surface area contributed by atoms with Crippen LogP contribution in [0.25, 0.3) is 0 Å². The lowest BCUT2D eigenvalue weighted by Crippen LogP contribution is -2.08. The largest absolute Gasteiger partial charge is 0.496 e. The molecular weight excluding hydrogens is 216 g/mol. The van der Waals surface area contributed by atoms with E-state index in [0.29, 0.717) is 22.1 Å². The van der Waals surface area contributed by atoms with Gasteiger partial charge in [-0.1, -0.05) is 11.6 Å². The van der Waals surface area contributed by atoms with E-state index in [1.54, 1.807) is 26.4 Å². The van der Waals surface area contributed by atoms with Crippen LogP contribution in [0.1, 0.15) is 18.4 Å². The maximum absolute atomic E-state index is 10.1. The topological polar surface area (TPSA) is 38.7 Å². The second kappa shape index (κ2) is 3.58. The van der Waals surface area contributed by atoms with Crippen molar-refractivity contribution in [2.24, 2.45) is 0 Å². The molecule has 1 N–H and O–H groups in total. The van der Waals surface area contributed by atoms with E-state index in [-0.39, 0.29) is 0 Å². The maximum Gasteiger partial charge on any atom is 0.138 e. The number of aliphatic hydroxyl groups is 1. The Morgan fingerprint density at radius 2 is 1.73 bits per heavy atom. The Kier molecular flexibility index (Phi) is 2.52. The molecule has 0 unspecified atom stereocenters. The van der Waals surface area contributed by atoms with Gasteiger partial charge in [0.25, 0.3) is 0 Å². The zero-order valence-electron chi connectivity index (χ0n) is 8.71. The zero-order valence-corrected chi connectivity index (χ0v) is 9.47. The highest BCUT2D eigenvalue weighted by molar-refractivity contribution is 6.33. The van der Waals surface area contributed by atoms with Crippen LogP contribution < -0.4 is 9.47 Å². The number of hydrogen-bond donors (Lipinski definition) is 1. The van der Waals surface area contributed by atoms with Crippen LogP contribution in [-0.4, -0.2) is 19.3 Å². The highest BCUT2D eigenvalue weighted by Crippen LogP contribution is 2.53. The third kappa shape index (κ3) is 1.66. The number of halogens is 1. The molecule has 0 saturated heterocycles. The van der Waals surface area contributed by atoms with E-state index in [1.807, 2.05) is 0 Å². The van der Waals surface area contributed by atoms with E-state index in [1.165, 1.54) is 0 Å². The van der Waals surface area contributed by atoms with Crippen molar-refractivity contribution in [3.8, 4) is 11.5 Å². The van der Waals surface area contributed by atoms with E-state index < -0.39 is 5.60 Å². The van der Waals surface area contributed by atoms with Gasteiger partial charge < -0.3 is 14.6 Å². The normalized spacial score (nSPS) is 17.3. The van der Waals surface area contributed by atoms with Crippen molar-refractivity contribution in [1.82, 2.24) is 0 Å². The van der Waals surface area contributed by atoms with Gasteiger partial charge in [-0.15, -0.1) is 0 Å². The van der Waals surface area contributed by atoms with E-state index in [0.717, 1.165) is 12.8 Å². The monoisotopic (exact) mass is 228 g/mol. The first-order valence-electron chi connectivity index (χ1n) is 4.76. The molecule has 0 aliphatic heterocycles. The SMILES string of the molecule is COc1ccc(OC)c(C2(O)CC2)c1Cl. The lowest BCUT2D eigenvalue weighted by atomic mass is 10.1. The molecule has 3 nitrogen and oxygen atoms in total. The quantitative estimate of drug-likeness (QED) is 0.863. The maximum atomic E-state index is 10.1. The van der Waals surface area contributed by atoms with Gasteiger partial charge >= 0.3 is 0 Å². The number of ether oxygens (including phenoxy) is 2. The third-order valence-electron chi connectivity index (χ3n) is 2.70. The number of methoxy groups -OCH3 is 2. The number of benzene rings is 1. The first kappa shape index (κ1) is 10.6. The van der Waals surface area contributed by atoms with Crippen LogP contribution in [-0.2, 0) is 5.60 Å². The van der Waals surface area contributed by atoms with Gasteiger partial charge in [-0.25, -0.2) is 0 Å². The summed E-state index contributed by atoms with van der Waals surface area (Å²) in [7, 11) is 3.11. The van der Waals surface area contributed by atoms with Crippen molar-refractivity contribution in [2.75, 3.05) is 14.2 Å². The first-order valence-corrected chi connectivity index (χ1v) is 5.13. The number of hydrogen-bond acceptors (Lipinski definition) is 3. The Balaban J connectivity index is 2.56. The highest BCUT2D eigenvalue weighted by Gasteiger charge is 2.46. The Morgan fingerprint density at radius 3 is 2.20 bits per heavy atom. The van der Waals surface area contributed by atoms with Gasteiger partial charge in [-0.2, -0.15) is 0 Å². The molecule has 0 heterocycles. The van der Waals surface area contributed by atoms with Gasteiger partial charge in [-0.3, -0.25) is 0 Å². The van der Waals surface area contributed by atoms with Gasteiger partial charge in [0.05, 0.1) is 24.8 Å². The van der Waals surface area contributed by atoms with E-state index in [2.05, 4.69) is 0 Å². The van der Waals surface area contributed by atoms with Crippen molar-refractivity contribution in [1.29, 1.82) is 0 Å². The average Bonchev–Trinajstić information content (AvgIpc) is 2.96. The van der Waals surface area contributed by atoms with Crippen molar-refractivity contribution < 1.29 is 14.6 Å². The summed E-state index contributed by atoms with van der Waals surface area (Å²) in [6.07, 6.45) is 1.44. The van der Waals surface area contributed by atoms with E-state index >= 15 is 0 Å². The Morgan fingerprint density at radius 1 is 1.20 bits per heavy atom. The summed E-state index contributed by atoms with van der Waals surface area (Å²) >= 11 is 6.15. The second-order valence-corrected chi connectivity index (χ2v) is 4.07. The van der Waals surface area contributed by atoms with Gasteiger partial charge in [0.1, 0.15) is 11.5 Å². The van der Waals surface area contributed by atoms with Crippen molar-refractivity contribution in [2.45, 2.75) is 18.4 Å². The molecule has 4 heteroatoms. The molecule has 0 spiro atoms. The molecule has 0 bridgehead atoms. The Hall–Kier alpha value is -0.930. The van der Waals surface area contributed by atoms with Crippen LogP contribution in [0.4, 0.5) is 0 Å². The van der Waals surface area contributed by atoms with Crippen LogP contribution in [0.15, 0.2) is 12.1 Å². The van der Waals surface area contributed by atoms with Crippen LogP contribution in [0, 0.1) is 0 Å². The molecule has 0 radical (unpaired) electrons. The predicted octanol–water partition coefficient (Wildman–Crippen LogP) is 2.34. The molecule has 1 aromatic carbocycles. The van der Waals surface area contributed by atoms with Gasteiger partial charge in [0.2, 0.25) is 0 Å². The fraction of sp³-hybridized carbons (Fsp3) is 0.455. The van der Waals surface area contributed by atoms with Crippen molar-refractivity contribution in [3.05, 3.63) is 22.7 Å². The lowest BCUT2D eigenvalue weighted by molar-refractivity contribution is 0.147. The molecule has 0 aromatic heterocycles. The molecule has 1 aromatic rings. The van der Waals surface area contributed by atoms with Crippen LogP contribution in [0.2, 0.25) is 5.02 Å². The Labute approximate surface area is 93.6 Å². The standard InChI is InChI=1S/C11H13ClO3/c1-14-7-3-4-8(15-2)10(12)9(7)11(13)5-6-11/h3-4,13H,5-6H2,1-2H3. The molecule has 15 heavy (non-hydrogen) atoms.